The first-order valence-electron chi connectivity index (χ1n) is 5.72. The zero-order valence-corrected chi connectivity index (χ0v) is 10.5. The molecule has 1 aliphatic rings. The predicted octanol–water partition coefficient (Wildman–Crippen LogP) is 3.83. The third-order valence-corrected chi connectivity index (χ3v) is 4.69. The Morgan fingerprint density at radius 3 is 2.53 bits per heavy atom. The van der Waals surface area contributed by atoms with Crippen LogP contribution in [0, 0.1) is 0 Å². The first kappa shape index (κ1) is 10.8. The summed E-state index contributed by atoms with van der Waals surface area (Å²) in [7, 11) is -0.727. The third-order valence-electron chi connectivity index (χ3n) is 2.86. The van der Waals surface area contributed by atoms with Crippen LogP contribution in [0.1, 0.15) is 18.6 Å². The molecule has 0 amide bonds. The summed E-state index contributed by atoms with van der Waals surface area (Å²) in [5.41, 5.74) is 2.42. The minimum Gasteiger partial charge on any atom is -0.339 e. The van der Waals surface area contributed by atoms with E-state index in [2.05, 4.69) is 48.4 Å². The molecule has 1 heterocycles. The maximum Gasteiger partial charge on any atom is 0.164 e. The quantitative estimate of drug-likeness (QED) is 0.809. The molecule has 3 heteroatoms. The largest absolute Gasteiger partial charge is 0.339 e. The van der Waals surface area contributed by atoms with Crippen LogP contribution in [0.3, 0.4) is 0 Å². The number of hydrogen-bond acceptors (Lipinski definition) is 2. The van der Waals surface area contributed by atoms with E-state index in [1.807, 2.05) is 18.2 Å². The van der Waals surface area contributed by atoms with Crippen LogP contribution in [-0.4, -0.2) is 0 Å². The molecule has 2 atom stereocenters. The Balaban J connectivity index is 1.87. The zero-order valence-electron chi connectivity index (χ0n) is 9.63. The second-order valence-electron chi connectivity index (χ2n) is 4.08. The summed E-state index contributed by atoms with van der Waals surface area (Å²) in [6.45, 7) is 2.10. The lowest BCUT2D eigenvalue weighted by atomic mass is 10.1. The zero-order chi connectivity index (χ0) is 11.7. The summed E-state index contributed by atoms with van der Waals surface area (Å²) in [5.74, 6) is 0. The van der Waals surface area contributed by atoms with Crippen LogP contribution in [0.5, 0.6) is 0 Å². The molecule has 0 spiro atoms. The molecule has 0 fully saturated rings. The molecule has 0 aromatic heterocycles. The van der Waals surface area contributed by atoms with Gasteiger partial charge >= 0.3 is 0 Å². The molecule has 0 aliphatic carbocycles. The van der Waals surface area contributed by atoms with Crippen LogP contribution in [0.25, 0.3) is 0 Å². The first-order valence-corrected chi connectivity index (χ1v) is 6.98. The molecule has 86 valence electrons. The van der Waals surface area contributed by atoms with Crippen LogP contribution in [0.2, 0.25) is 0 Å². The van der Waals surface area contributed by atoms with Gasteiger partial charge in [0.25, 0.3) is 0 Å². The number of fused-ring (bicyclic) bond motifs is 1. The highest BCUT2D eigenvalue weighted by atomic mass is 31.2. The normalized spacial score (nSPS) is 22.2. The van der Waals surface area contributed by atoms with Crippen molar-refractivity contribution in [1.82, 2.24) is 0 Å². The third kappa shape index (κ3) is 2.06. The molecule has 0 saturated carbocycles. The number of hydrogen-bond donors (Lipinski definition) is 1. The van der Waals surface area contributed by atoms with Gasteiger partial charge in [-0.2, -0.15) is 0 Å². The highest BCUT2D eigenvalue weighted by Gasteiger charge is 2.29. The molecule has 3 rings (SSSR count). The number of para-hydroxylation sites is 1. The first-order chi connectivity index (χ1) is 8.34. The van der Waals surface area contributed by atoms with Crippen molar-refractivity contribution in [1.29, 1.82) is 0 Å². The van der Waals surface area contributed by atoms with E-state index in [9.17, 15) is 0 Å². The van der Waals surface area contributed by atoms with Gasteiger partial charge in [0.05, 0.1) is 6.10 Å². The van der Waals surface area contributed by atoms with Gasteiger partial charge in [-0.05, 0) is 24.6 Å². The van der Waals surface area contributed by atoms with Gasteiger partial charge in [-0.1, -0.05) is 42.5 Å². The van der Waals surface area contributed by atoms with Crippen LogP contribution in [0.15, 0.2) is 54.6 Å². The van der Waals surface area contributed by atoms with Crippen molar-refractivity contribution >= 4 is 19.3 Å². The van der Waals surface area contributed by atoms with Crippen LogP contribution < -0.4 is 10.4 Å². The van der Waals surface area contributed by atoms with Gasteiger partial charge < -0.3 is 9.61 Å². The molecule has 2 aromatic rings. The number of benzene rings is 2. The molecule has 2 aromatic carbocycles. The average Bonchev–Trinajstić information content (AvgIpc) is 2.69. The van der Waals surface area contributed by atoms with Gasteiger partial charge in [-0.3, -0.25) is 0 Å². The van der Waals surface area contributed by atoms with E-state index in [-0.39, 0.29) is 6.10 Å². The van der Waals surface area contributed by atoms with Crippen molar-refractivity contribution in [3.8, 4) is 0 Å². The predicted molar refractivity (Wildman–Crippen MR) is 72.6 cm³/mol. The summed E-state index contributed by atoms with van der Waals surface area (Å²) >= 11 is 0. The SMILES string of the molecule is CC1OP(Nc2ccccc2)c2ccccc21. The molecule has 0 saturated heterocycles. The van der Waals surface area contributed by atoms with Gasteiger partial charge in [0.1, 0.15) is 0 Å². The second-order valence-corrected chi connectivity index (χ2v) is 5.58. The summed E-state index contributed by atoms with van der Waals surface area (Å²) in [6.07, 6.45) is 0.188. The summed E-state index contributed by atoms with van der Waals surface area (Å²) in [6, 6.07) is 18.7. The van der Waals surface area contributed by atoms with E-state index in [1.54, 1.807) is 0 Å². The Bertz CT molecular complexity index is 515. The second kappa shape index (κ2) is 4.48. The average molecular weight is 243 g/mol. The van der Waals surface area contributed by atoms with Crippen LogP contribution in [-0.2, 0) is 4.52 Å². The van der Waals surface area contributed by atoms with Crippen molar-refractivity contribution in [2.24, 2.45) is 0 Å². The molecule has 1 N–H and O–H groups in total. The highest BCUT2D eigenvalue weighted by molar-refractivity contribution is 7.62. The Labute approximate surface area is 103 Å². The molecule has 17 heavy (non-hydrogen) atoms. The van der Waals surface area contributed by atoms with E-state index < -0.39 is 8.30 Å². The Hall–Kier alpha value is -1.37. The molecule has 0 bridgehead atoms. The molecule has 1 aliphatic heterocycles. The smallest absolute Gasteiger partial charge is 0.164 e. The molecular formula is C14H14NOP. The lowest BCUT2D eigenvalue weighted by molar-refractivity contribution is 0.272. The highest BCUT2D eigenvalue weighted by Crippen LogP contribution is 2.48. The van der Waals surface area contributed by atoms with E-state index in [0.29, 0.717) is 0 Å². The maximum absolute atomic E-state index is 5.99. The van der Waals surface area contributed by atoms with Gasteiger partial charge in [0, 0.05) is 11.0 Å². The van der Waals surface area contributed by atoms with E-state index in [0.717, 1.165) is 5.69 Å². The summed E-state index contributed by atoms with van der Waals surface area (Å²) < 4.78 is 5.99. The lowest BCUT2D eigenvalue weighted by Gasteiger charge is -2.14. The van der Waals surface area contributed by atoms with Crippen molar-refractivity contribution < 1.29 is 4.52 Å². The van der Waals surface area contributed by atoms with Crippen molar-refractivity contribution in [2.75, 3.05) is 5.09 Å². The topological polar surface area (TPSA) is 21.3 Å². The monoisotopic (exact) mass is 243 g/mol. The van der Waals surface area contributed by atoms with Gasteiger partial charge in [-0.25, -0.2) is 0 Å². The minimum absolute atomic E-state index is 0.188. The fraction of sp³-hybridized carbons (Fsp3) is 0.143. The van der Waals surface area contributed by atoms with Gasteiger partial charge in [0.2, 0.25) is 0 Å². The molecular weight excluding hydrogens is 229 g/mol. The molecule has 2 nitrogen and oxygen atoms in total. The van der Waals surface area contributed by atoms with E-state index in [1.165, 1.54) is 10.9 Å². The lowest BCUT2D eigenvalue weighted by Crippen LogP contribution is -2.05. The van der Waals surface area contributed by atoms with E-state index in [4.69, 9.17) is 4.52 Å². The number of anilines is 1. The van der Waals surface area contributed by atoms with Crippen molar-refractivity contribution in [3.05, 3.63) is 60.2 Å². The maximum atomic E-state index is 5.99. The van der Waals surface area contributed by atoms with Gasteiger partial charge in [0.15, 0.2) is 8.30 Å². The fourth-order valence-electron chi connectivity index (χ4n) is 2.00. The molecule has 2 unspecified atom stereocenters. The fourth-order valence-corrected chi connectivity index (χ4v) is 3.82. The Kier molecular flexibility index (Phi) is 2.84. The van der Waals surface area contributed by atoms with Crippen LogP contribution >= 0.6 is 8.30 Å². The van der Waals surface area contributed by atoms with Crippen molar-refractivity contribution in [3.63, 3.8) is 0 Å². The van der Waals surface area contributed by atoms with Crippen LogP contribution in [0.4, 0.5) is 5.69 Å². The minimum atomic E-state index is -0.727. The number of nitrogens with one attached hydrogen (secondary N) is 1. The van der Waals surface area contributed by atoms with E-state index >= 15 is 0 Å². The van der Waals surface area contributed by atoms with Crippen molar-refractivity contribution in [2.45, 2.75) is 13.0 Å². The number of rotatable bonds is 2. The Morgan fingerprint density at radius 1 is 1.00 bits per heavy atom. The Morgan fingerprint density at radius 2 is 1.71 bits per heavy atom. The summed E-state index contributed by atoms with van der Waals surface area (Å²) in [4.78, 5) is 0. The standard InChI is InChI=1S/C14H14NOP/c1-11-13-9-5-6-10-14(13)17(16-11)15-12-7-3-2-4-8-12/h2-11,15H,1H3. The van der Waals surface area contributed by atoms with Gasteiger partial charge in [-0.15, -0.1) is 0 Å². The molecule has 0 radical (unpaired) electrons. The summed E-state index contributed by atoms with van der Waals surface area (Å²) in [5, 5.41) is 4.77.